The fourth-order valence-electron chi connectivity index (χ4n) is 3.72. The van der Waals surface area contributed by atoms with Crippen molar-refractivity contribution in [3.63, 3.8) is 0 Å². The van der Waals surface area contributed by atoms with Crippen molar-refractivity contribution in [1.29, 1.82) is 0 Å². The summed E-state index contributed by atoms with van der Waals surface area (Å²) in [6, 6.07) is 7.31. The van der Waals surface area contributed by atoms with Crippen molar-refractivity contribution in [3.05, 3.63) is 29.8 Å². The predicted molar refractivity (Wildman–Crippen MR) is 111 cm³/mol. The number of nitrogens with zero attached hydrogens (tertiary/aromatic N) is 1. The van der Waals surface area contributed by atoms with Crippen molar-refractivity contribution in [2.45, 2.75) is 51.0 Å². The zero-order chi connectivity index (χ0) is 21.3. The molecular formula is C22H32N2O5. The highest BCUT2D eigenvalue weighted by Crippen LogP contribution is 2.30. The zero-order valence-corrected chi connectivity index (χ0v) is 17.7. The number of hydrogen-bond donors (Lipinski definition) is 1. The van der Waals surface area contributed by atoms with Crippen molar-refractivity contribution >= 4 is 23.4 Å². The smallest absolute Gasteiger partial charge is 0.331 e. The molecule has 1 aromatic carbocycles. The maximum Gasteiger partial charge on any atom is 0.331 e. The number of nitrogens with one attached hydrogen (secondary N) is 1. The number of likely N-dealkylation sites (tertiary alicyclic amines) is 1. The molecule has 0 aliphatic carbocycles. The number of piperidine rings is 1. The second-order valence-corrected chi connectivity index (χ2v) is 7.40. The molecule has 2 rings (SSSR count). The lowest BCUT2D eigenvalue weighted by Crippen LogP contribution is -2.55. The highest BCUT2D eigenvalue weighted by atomic mass is 16.5. The van der Waals surface area contributed by atoms with Gasteiger partial charge < -0.3 is 19.7 Å². The Bertz CT molecular complexity index is 711. The Morgan fingerprint density at radius 2 is 1.76 bits per heavy atom. The highest BCUT2D eigenvalue weighted by molar-refractivity contribution is 6.01. The Kier molecular flexibility index (Phi) is 8.64. The fourth-order valence-corrected chi connectivity index (χ4v) is 3.72. The van der Waals surface area contributed by atoms with Crippen LogP contribution in [0.3, 0.4) is 0 Å². The molecule has 160 valence electrons. The number of benzene rings is 1. The molecule has 7 heteroatoms. The first-order chi connectivity index (χ1) is 14.0. The molecule has 0 saturated carbocycles. The van der Waals surface area contributed by atoms with Crippen LogP contribution in [0.5, 0.6) is 0 Å². The van der Waals surface area contributed by atoms with E-state index in [4.69, 9.17) is 4.74 Å². The van der Waals surface area contributed by atoms with Crippen molar-refractivity contribution in [2.24, 2.45) is 0 Å². The van der Waals surface area contributed by atoms with Crippen LogP contribution in [0.2, 0.25) is 0 Å². The van der Waals surface area contributed by atoms with E-state index in [1.54, 1.807) is 6.07 Å². The van der Waals surface area contributed by atoms with Gasteiger partial charge in [0.05, 0.1) is 14.2 Å². The number of carbonyl (C=O) groups excluding carboxylic acids is 3. The van der Waals surface area contributed by atoms with Crippen molar-refractivity contribution in [2.75, 3.05) is 39.2 Å². The second kappa shape index (κ2) is 11.0. The van der Waals surface area contributed by atoms with E-state index in [9.17, 15) is 14.4 Å². The van der Waals surface area contributed by atoms with Gasteiger partial charge in [-0.15, -0.1) is 0 Å². The van der Waals surface area contributed by atoms with E-state index >= 15 is 0 Å². The minimum atomic E-state index is -0.846. The first kappa shape index (κ1) is 22.9. The van der Waals surface area contributed by atoms with Crippen LogP contribution in [-0.2, 0) is 19.1 Å². The third kappa shape index (κ3) is 6.03. The van der Waals surface area contributed by atoms with E-state index in [1.165, 1.54) is 14.2 Å². The molecule has 1 fully saturated rings. The van der Waals surface area contributed by atoms with E-state index in [0.29, 0.717) is 36.9 Å². The van der Waals surface area contributed by atoms with Gasteiger partial charge in [-0.25, -0.2) is 4.79 Å². The topological polar surface area (TPSA) is 84.9 Å². The van der Waals surface area contributed by atoms with Crippen LogP contribution in [0, 0.1) is 0 Å². The average Bonchev–Trinajstić information content (AvgIpc) is 2.76. The maximum absolute atomic E-state index is 12.7. The number of hydrogen-bond acceptors (Lipinski definition) is 7. The minimum absolute atomic E-state index is 0.0381. The van der Waals surface area contributed by atoms with Gasteiger partial charge in [0.25, 0.3) is 0 Å². The Labute approximate surface area is 172 Å². The normalized spacial score (nSPS) is 16.1. The van der Waals surface area contributed by atoms with Gasteiger partial charge in [-0.05, 0) is 44.4 Å². The number of unbranched alkanes of at least 4 members (excludes halogenated alkanes) is 1. The molecule has 1 aliphatic rings. The molecule has 0 radical (unpaired) electrons. The van der Waals surface area contributed by atoms with Gasteiger partial charge in [0.2, 0.25) is 0 Å². The summed E-state index contributed by atoms with van der Waals surface area (Å²) < 4.78 is 9.77. The van der Waals surface area contributed by atoms with Crippen LogP contribution in [-0.4, -0.2) is 62.0 Å². The number of ketones is 1. The Hall–Kier alpha value is -2.41. The molecule has 1 N–H and O–H groups in total. The van der Waals surface area contributed by atoms with Gasteiger partial charge in [-0.1, -0.05) is 19.1 Å². The molecule has 0 bridgehead atoms. The molecule has 0 amide bonds. The molecule has 1 aliphatic heterocycles. The molecule has 1 aromatic rings. The largest absolute Gasteiger partial charge is 0.469 e. The molecule has 29 heavy (non-hydrogen) atoms. The third-order valence-electron chi connectivity index (χ3n) is 5.54. The molecule has 7 nitrogen and oxygen atoms in total. The number of rotatable bonds is 10. The quantitative estimate of drug-likeness (QED) is 0.364. The maximum atomic E-state index is 12.7. The van der Waals surface area contributed by atoms with Crippen molar-refractivity contribution in [1.82, 2.24) is 4.90 Å². The Morgan fingerprint density at radius 3 is 2.38 bits per heavy atom. The lowest BCUT2D eigenvalue weighted by molar-refractivity contribution is -0.148. The van der Waals surface area contributed by atoms with Gasteiger partial charge in [0.15, 0.2) is 5.78 Å². The van der Waals surface area contributed by atoms with Crippen LogP contribution < -0.4 is 5.32 Å². The number of Topliss-reactive ketones (excluding diaryl/α,β-unsaturated/α-hetero) is 1. The Morgan fingerprint density at radius 1 is 1.07 bits per heavy atom. The average molecular weight is 405 g/mol. The summed E-state index contributed by atoms with van der Waals surface area (Å²) in [7, 11) is 2.80. The molecule has 1 heterocycles. The van der Waals surface area contributed by atoms with E-state index in [-0.39, 0.29) is 17.7 Å². The second-order valence-electron chi connectivity index (χ2n) is 7.40. The van der Waals surface area contributed by atoms with Gasteiger partial charge in [0, 0.05) is 37.2 Å². The summed E-state index contributed by atoms with van der Waals surface area (Å²) in [6.45, 7) is 4.18. The lowest BCUT2D eigenvalue weighted by Gasteiger charge is -2.41. The standard InChI is InChI=1S/C22H32N2O5/c1-4-19(25)17-9-5-6-10-18(17)23-22(21(27)29-3)12-15-24(16-13-22)14-8-7-11-20(26)28-2/h5-6,9-10,23H,4,7-8,11-16H2,1-3H3. The van der Waals surface area contributed by atoms with Crippen molar-refractivity contribution in [3.8, 4) is 0 Å². The number of ether oxygens (including phenoxy) is 2. The number of para-hydroxylation sites is 1. The fraction of sp³-hybridized carbons (Fsp3) is 0.591. The molecular weight excluding hydrogens is 372 g/mol. The predicted octanol–water partition coefficient (Wildman–Crippen LogP) is 3.04. The molecule has 0 atom stereocenters. The van der Waals surface area contributed by atoms with Crippen LogP contribution in [0.15, 0.2) is 24.3 Å². The van der Waals surface area contributed by atoms with E-state index in [1.807, 2.05) is 25.1 Å². The number of anilines is 1. The van der Waals surface area contributed by atoms with Crippen LogP contribution in [0.1, 0.15) is 55.8 Å². The van der Waals surface area contributed by atoms with Crippen molar-refractivity contribution < 1.29 is 23.9 Å². The van der Waals surface area contributed by atoms with Gasteiger partial charge in [0.1, 0.15) is 5.54 Å². The van der Waals surface area contributed by atoms with Gasteiger partial charge in [-0.3, -0.25) is 9.59 Å². The first-order valence-corrected chi connectivity index (χ1v) is 10.2. The molecule has 1 saturated heterocycles. The van der Waals surface area contributed by atoms with Crippen LogP contribution in [0.25, 0.3) is 0 Å². The lowest BCUT2D eigenvalue weighted by atomic mass is 9.86. The van der Waals surface area contributed by atoms with Crippen LogP contribution >= 0.6 is 0 Å². The van der Waals surface area contributed by atoms with E-state index in [2.05, 4.69) is 15.0 Å². The highest BCUT2D eigenvalue weighted by Gasteiger charge is 2.42. The Balaban J connectivity index is 2.02. The summed E-state index contributed by atoms with van der Waals surface area (Å²) in [5.74, 6) is -0.449. The van der Waals surface area contributed by atoms with Gasteiger partial charge in [-0.2, -0.15) is 0 Å². The molecule has 0 spiro atoms. The van der Waals surface area contributed by atoms with Crippen LogP contribution in [0.4, 0.5) is 5.69 Å². The zero-order valence-electron chi connectivity index (χ0n) is 17.7. The summed E-state index contributed by atoms with van der Waals surface area (Å²) in [6.07, 6.45) is 3.71. The van der Waals surface area contributed by atoms with Gasteiger partial charge >= 0.3 is 11.9 Å². The van der Waals surface area contributed by atoms with E-state index < -0.39 is 5.54 Å². The molecule has 0 unspecified atom stereocenters. The SMILES string of the molecule is CCC(=O)c1ccccc1NC1(C(=O)OC)CCN(CCCCC(=O)OC)CC1. The number of carbonyl (C=O) groups is 3. The summed E-state index contributed by atoms with van der Waals surface area (Å²) >= 11 is 0. The monoisotopic (exact) mass is 404 g/mol. The summed E-state index contributed by atoms with van der Waals surface area (Å²) in [4.78, 5) is 38.5. The van der Waals surface area contributed by atoms with E-state index in [0.717, 1.165) is 32.5 Å². The summed E-state index contributed by atoms with van der Waals surface area (Å²) in [5.41, 5.74) is 0.432. The number of esters is 2. The summed E-state index contributed by atoms with van der Waals surface area (Å²) in [5, 5.41) is 3.36. The number of methoxy groups -OCH3 is 2. The third-order valence-corrected chi connectivity index (χ3v) is 5.54. The minimum Gasteiger partial charge on any atom is -0.469 e. The molecule has 0 aromatic heterocycles. The first-order valence-electron chi connectivity index (χ1n) is 10.2.